The van der Waals surface area contributed by atoms with Gasteiger partial charge < -0.3 is 10.0 Å². The first kappa shape index (κ1) is 27.8. The second-order valence-corrected chi connectivity index (χ2v) is 9.36. The molecule has 3 aromatic rings. The Morgan fingerprint density at radius 3 is 2.00 bits per heavy atom. The van der Waals surface area contributed by atoms with E-state index in [1.807, 2.05) is 0 Å². The Balaban J connectivity index is 0.00000204. The predicted octanol–water partition coefficient (Wildman–Crippen LogP) is -1.82. The molecule has 34 heavy (non-hydrogen) atoms. The normalized spacial score (nSPS) is 15.9. The Hall–Kier alpha value is -2.49. The number of hydrogen-bond acceptors (Lipinski definition) is 8. The summed E-state index contributed by atoms with van der Waals surface area (Å²) in [6.07, 6.45) is 1.43. The minimum Gasteiger partial charge on any atom is -0.731 e. The molecule has 0 radical (unpaired) electrons. The van der Waals surface area contributed by atoms with Gasteiger partial charge in [0.1, 0.15) is 11.7 Å². The van der Waals surface area contributed by atoms with Crippen molar-refractivity contribution in [1.82, 2.24) is 9.29 Å². The van der Waals surface area contributed by atoms with E-state index < -0.39 is 26.5 Å². The van der Waals surface area contributed by atoms with Gasteiger partial charge in [-0.25, -0.2) is 12.7 Å². The van der Waals surface area contributed by atoms with E-state index >= 15 is 0 Å². The third-order valence-electron chi connectivity index (χ3n) is 4.65. The second kappa shape index (κ2) is 10.8. The quantitative estimate of drug-likeness (QED) is 0.308. The zero-order valence-corrected chi connectivity index (χ0v) is 21.3. The van der Waals surface area contributed by atoms with Crippen molar-refractivity contribution in [1.29, 1.82) is 0 Å². The fraction of sp³-hybridized carbons (Fsp3) is 0.0500. The summed E-state index contributed by atoms with van der Waals surface area (Å²) in [5.41, 5.74) is 0.978. The van der Waals surface area contributed by atoms with Crippen molar-refractivity contribution in [3.05, 3.63) is 95.8 Å². The predicted molar refractivity (Wildman–Crippen MR) is 118 cm³/mol. The van der Waals surface area contributed by atoms with Gasteiger partial charge in [0.25, 0.3) is 10.1 Å². The molecule has 1 aliphatic rings. The van der Waals surface area contributed by atoms with E-state index in [1.54, 1.807) is 42.5 Å². The largest absolute Gasteiger partial charge is 1.00 e. The summed E-state index contributed by atoms with van der Waals surface area (Å²) in [4.78, 5) is 3.74. The number of hydrogen-bond donors (Lipinski definition) is 1. The maximum atomic E-state index is 12.4. The van der Waals surface area contributed by atoms with Crippen LogP contribution in [0, 0.1) is 0 Å². The van der Waals surface area contributed by atoms with E-state index in [4.69, 9.17) is 0 Å². The Bertz CT molecular complexity index is 1410. The van der Waals surface area contributed by atoms with Crippen LogP contribution >= 0.6 is 0 Å². The third kappa shape index (κ3) is 5.76. The zero-order valence-electron chi connectivity index (χ0n) is 17.7. The summed E-state index contributed by atoms with van der Waals surface area (Å²) in [6, 6.07) is 16.9. The van der Waals surface area contributed by atoms with Crippen LogP contribution in [0.2, 0.25) is 0 Å². The Labute approximate surface area is 218 Å². The number of nitrogens with zero attached hydrogens (tertiary/aromatic N) is 4. The molecular formula is C20H17N4NaO7S2. The average Bonchev–Trinajstić information content (AvgIpc) is 2.78. The smallest absolute Gasteiger partial charge is 0.731 e. The molecule has 11 nitrogen and oxygen atoms in total. The molecule has 14 heteroatoms. The Kier molecular flexibility index (Phi) is 8.85. The summed E-state index contributed by atoms with van der Waals surface area (Å²) >= 11 is 0. The van der Waals surface area contributed by atoms with Crippen molar-refractivity contribution in [3.63, 3.8) is 0 Å². The molecule has 3 N–H and O–H groups in total. The standard InChI is InChI=1S/C20H16N4O6S2.Na.H2O/c25-31(26,27)16-11-9-14(10-12-16)18-19(15-6-2-1-3-7-15)24(32(28,29)30)20(23-22-18)17-8-4-5-13-21-17;;/h1-13,19H,(H,25,26,27)(H,28,29,30);;1H2/q;+1;/p-1. The Morgan fingerprint density at radius 1 is 0.853 bits per heavy atom. The molecule has 172 valence electrons. The van der Waals surface area contributed by atoms with Gasteiger partial charge in [-0.2, -0.15) is 13.5 Å². The molecule has 0 spiro atoms. The molecule has 2 aromatic carbocycles. The van der Waals surface area contributed by atoms with Crippen LogP contribution in [0.25, 0.3) is 0 Å². The van der Waals surface area contributed by atoms with Crippen LogP contribution in [-0.2, 0) is 20.4 Å². The molecule has 1 atom stereocenters. The van der Waals surface area contributed by atoms with Gasteiger partial charge in [-0.1, -0.05) is 48.5 Å². The average molecular weight is 513 g/mol. The number of pyridine rings is 1. The number of rotatable bonds is 5. The number of benzene rings is 2. The molecule has 1 unspecified atom stereocenters. The van der Waals surface area contributed by atoms with Crippen molar-refractivity contribution >= 4 is 32.0 Å². The van der Waals surface area contributed by atoms with Crippen molar-refractivity contribution in [3.8, 4) is 0 Å². The van der Waals surface area contributed by atoms with Gasteiger partial charge >= 0.3 is 29.6 Å². The van der Waals surface area contributed by atoms with E-state index in [0.717, 1.165) is 12.1 Å². The van der Waals surface area contributed by atoms with E-state index in [0.29, 0.717) is 15.4 Å². The summed E-state index contributed by atoms with van der Waals surface area (Å²) in [5, 5.41) is 8.15. The summed E-state index contributed by atoms with van der Waals surface area (Å²) in [5.74, 6) is -0.243. The SMILES string of the molecule is O.O=S(=O)(O)c1ccc(C2=NN=C(c3ccccn3)N(S(=O)(=O)[O-])C2c2ccccc2)cc1.[Na+]. The van der Waals surface area contributed by atoms with Crippen molar-refractivity contribution in [2.24, 2.45) is 10.2 Å². The van der Waals surface area contributed by atoms with Crippen LogP contribution in [0.1, 0.15) is 22.9 Å². The van der Waals surface area contributed by atoms with Crippen LogP contribution in [0.15, 0.2) is 94.1 Å². The van der Waals surface area contributed by atoms with Crippen molar-refractivity contribution < 1.29 is 61.0 Å². The number of aromatic nitrogens is 1. The van der Waals surface area contributed by atoms with Crippen LogP contribution in [0.3, 0.4) is 0 Å². The Morgan fingerprint density at radius 2 is 1.47 bits per heavy atom. The second-order valence-electron chi connectivity index (χ2n) is 6.69. The van der Waals surface area contributed by atoms with Gasteiger partial charge in [-0.05, 0) is 29.8 Å². The summed E-state index contributed by atoms with van der Waals surface area (Å²) in [7, 11) is -9.52. The van der Waals surface area contributed by atoms with Gasteiger partial charge in [0.15, 0.2) is 16.1 Å². The molecule has 4 rings (SSSR count). The minimum absolute atomic E-state index is 0. The number of amidine groups is 1. The van der Waals surface area contributed by atoms with E-state index in [9.17, 15) is 25.9 Å². The van der Waals surface area contributed by atoms with E-state index in [1.165, 1.54) is 24.4 Å². The van der Waals surface area contributed by atoms with Crippen LogP contribution in [0.4, 0.5) is 0 Å². The molecular weight excluding hydrogens is 495 g/mol. The zero-order chi connectivity index (χ0) is 22.9. The van der Waals surface area contributed by atoms with Crippen LogP contribution in [0.5, 0.6) is 0 Å². The molecule has 0 saturated heterocycles. The molecule has 1 aromatic heterocycles. The fourth-order valence-electron chi connectivity index (χ4n) is 3.27. The molecule has 0 amide bonds. The summed E-state index contributed by atoms with van der Waals surface area (Å²) < 4.78 is 69.8. The maximum absolute atomic E-state index is 12.4. The first-order chi connectivity index (χ1) is 15.2. The van der Waals surface area contributed by atoms with Crippen molar-refractivity contribution in [2.75, 3.05) is 0 Å². The summed E-state index contributed by atoms with van der Waals surface area (Å²) in [6.45, 7) is 0. The van der Waals surface area contributed by atoms with E-state index in [2.05, 4.69) is 15.2 Å². The van der Waals surface area contributed by atoms with Crippen LogP contribution in [-0.4, -0.2) is 52.3 Å². The minimum atomic E-state index is -5.10. The van der Waals surface area contributed by atoms with Gasteiger partial charge in [0.05, 0.1) is 10.6 Å². The maximum Gasteiger partial charge on any atom is 1.00 e. The molecule has 0 fully saturated rings. The first-order valence-corrected chi connectivity index (χ1v) is 11.9. The van der Waals surface area contributed by atoms with Gasteiger partial charge in [-0.15, -0.1) is 5.10 Å². The molecule has 1 aliphatic heterocycles. The van der Waals surface area contributed by atoms with Crippen molar-refractivity contribution in [2.45, 2.75) is 10.9 Å². The third-order valence-corrected chi connectivity index (χ3v) is 6.39. The van der Waals surface area contributed by atoms with Gasteiger partial charge in [0.2, 0.25) is 0 Å². The monoisotopic (exact) mass is 512 g/mol. The molecule has 0 saturated carbocycles. The molecule has 0 bridgehead atoms. The topological polar surface area (TPSA) is 184 Å². The van der Waals surface area contributed by atoms with Crippen LogP contribution < -0.4 is 29.6 Å². The van der Waals surface area contributed by atoms with Gasteiger partial charge in [-0.3, -0.25) is 9.54 Å². The fourth-order valence-corrected chi connectivity index (χ4v) is 4.57. The molecule has 2 heterocycles. The van der Waals surface area contributed by atoms with Gasteiger partial charge in [0, 0.05) is 11.8 Å². The first-order valence-electron chi connectivity index (χ1n) is 9.11. The van der Waals surface area contributed by atoms with E-state index in [-0.39, 0.29) is 57.2 Å². The molecule has 0 aliphatic carbocycles.